The van der Waals surface area contributed by atoms with E-state index >= 15 is 0 Å². The Bertz CT molecular complexity index is 483. The van der Waals surface area contributed by atoms with E-state index in [2.05, 4.69) is 15.1 Å². The van der Waals surface area contributed by atoms with E-state index in [0.29, 0.717) is 5.82 Å². The van der Waals surface area contributed by atoms with Crippen molar-refractivity contribution in [2.75, 3.05) is 5.73 Å². The molecular formula is C11H13N5. The summed E-state index contributed by atoms with van der Waals surface area (Å²) in [6, 6.07) is 1.96. The number of nitrogens with two attached hydrogens (primary N) is 1. The van der Waals surface area contributed by atoms with E-state index in [0.717, 1.165) is 23.9 Å². The van der Waals surface area contributed by atoms with Crippen molar-refractivity contribution in [2.24, 2.45) is 5.92 Å². The predicted molar refractivity (Wildman–Crippen MR) is 60.4 cm³/mol. The summed E-state index contributed by atoms with van der Waals surface area (Å²) in [6.45, 7) is 0.981. The standard InChI is InChI=1S/C11H13N5/c12-11-6-13-9(5-14-11)10-3-4-15-16(10)7-8-1-2-8/h3-6,8H,1-2,7H2,(H2,12,14). The summed E-state index contributed by atoms with van der Waals surface area (Å²) in [5.41, 5.74) is 7.35. The van der Waals surface area contributed by atoms with Crippen molar-refractivity contribution in [3.63, 3.8) is 0 Å². The second-order valence-electron chi connectivity index (χ2n) is 4.17. The van der Waals surface area contributed by atoms with Crippen LogP contribution in [0.15, 0.2) is 24.7 Å². The molecule has 0 bridgehead atoms. The number of hydrogen-bond donors (Lipinski definition) is 1. The van der Waals surface area contributed by atoms with Crippen molar-refractivity contribution in [3.05, 3.63) is 24.7 Å². The fraction of sp³-hybridized carbons (Fsp3) is 0.364. The summed E-state index contributed by atoms with van der Waals surface area (Å²) in [5, 5.41) is 4.31. The van der Waals surface area contributed by atoms with Crippen LogP contribution in [0, 0.1) is 5.92 Å². The Kier molecular flexibility index (Phi) is 2.09. The van der Waals surface area contributed by atoms with Crippen LogP contribution in [0.5, 0.6) is 0 Å². The lowest BCUT2D eigenvalue weighted by atomic mass is 10.3. The molecule has 5 heteroatoms. The number of aromatic nitrogens is 4. The van der Waals surface area contributed by atoms with Crippen LogP contribution in [0.4, 0.5) is 5.82 Å². The second kappa shape index (κ2) is 3.59. The molecule has 0 atom stereocenters. The minimum absolute atomic E-state index is 0.442. The van der Waals surface area contributed by atoms with E-state index in [9.17, 15) is 0 Å². The first-order valence-electron chi connectivity index (χ1n) is 5.42. The summed E-state index contributed by atoms with van der Waals surface area (Å²) in [4.78, 5) is 8.31. The van der Waals surface area contributed by atoms with E-state index in [-0.39, 0.29) is 0 Å². The molecule has 2 heterocycles. The van der Waals surface area contributed by atoms with E-state index in [1.165, 1.54) is 12.8 Å². The van der Waals surface area contributed by atoms with E-state index in [4.69, 9.17) is 5.73 Å². The Balaban J connectivity index is 1.92. The summed E-state index contributed by atoms with van der Waals surface area (Å²) in [7, 11) is 0. The number of anilines is 1. The summed E-state index contributed by atoms with van der Waals surface area (Å²) in [5.74, 6) is 1.23. The molecule has 0 saturated heterocycles. The summed E-state index contributed by atoms with van der Waals surface area (Å²) < 4.78 is 2.00. The molecule has 3 rings (SSSR count). The van der Waals surface area contributed by atoms with Gasteiger partial charge in [0.2, 0.25) is 0 Å². The van der Waals surface area contributed by atoms with Crippen molar-refractivity contribution in [3.8, 4) is 11.4 Å². The maximum atomic E-state index is 5.51. The van der Waals surface area contributed by atoms with Gasteiger partial charge in [0.25, 0.3) is 0 Å². The summed E-state index contributed by atoms with van der Waals surface area (Å²) in [6.07, 6.45) is 7.69. The van der Waals surface area contributed by atoms with Crippen LogP contribution in [-0.4, -0.2) is 19.7 Å². The van der Waals surface area contributed by atoms with Gasteiger partial charge in [-0.05, 0) is 24.8 Å². The zero-order chi connectivity index (χ0) is 11.0. The largest absolute Gasteiger partial charge is 0.382 e. The fourth-order valence-electron chi connectivity index (χ4n) is 1.71. The molecule has 1 aliphatic rings. The number of hydrogen-bond acceptors (Lipinski definition) is 4. The smallest absolute Gasteiger partial charge is 0.141 e. The second-order valence-corrected chi connectivity index (χ2v) is 4.17. The van der Waals surface area contributed by atoms with Crippen molar-refractivity contribution in [2.45, 2.75) is 19.4 Å². The van der Waals surface area contributed by atoms with Gasteiger partial charge in [-0.25, -0.2) is 9.97 Å². The molecule has 5 nitrogen and oxygen atoms in total. The third-order valence-corrected chi connectivity index (χ3v) is 2.78. The lowest BCUT2D eigenvalue weighted by molar-refractivity contribution is 0.568. The first kappa shape index (κ1) is 9.33. The highest BCUT2D eigenvalue weighted by atomic mass is 15.3. The minimum atomic E-state index is 0.442. The van der Waals surface area contributed by atoms with Crippen LogP contribution in [0.25, 0.3) is 11.4 Å². The molecule has 0 radical (unpaired) electrons. The molecule has 82 valence electrons. The topological polar surface area (TPSA) is 69.6 Å². The highest BCUT2D eigenvalue weighted by molar-refractivity contribution is 5.53. The van der Waals surface area contributed by atoms with Crippen LogP contribution in [0.3, 0.4) is 0 Å². The van der Waals surface area contributed by atoms with E-state index < -0.39 is 0 Å². The average Bonchev–Trinajstić information content (AvgIpc) is 2.97. The Morgan fingerprint density at radius 1 is 1.31 bits per heavy atom. The zero-order valence-electron chi connectivity index (χ0n) is 8.87. The zero-order valence-corrected chi connectivity index (χ0v) is 8.87. The van der Waals surface area contributed by atoms with Gasteiger partial charge in [-0.15, -0.1) is 0 Å². The number of rotatable bonds is 3. The van der Waals surface area contributed by atoms with Gasteiger partial charge in [-0.1, -0.05) is 0 Å². The molecule has 1 aliphatic carbocycles. The highest BCUT2D eigenvalue weighted by Gasteiger charge is 2.23. The van der Waals surface area contributed by atoms with Gasteiger partial charge in [-0.2, -0.15) is 5.10 Å². The number of nitrogen functional groups attached to an aromatic ring is 1. The lowest BCUT2D eigenvalue weighted by Gasteiger charge is -2.05. The van der Waals surface area contributed by atoms with E-state index in [1.54, 1.807) is 18.6 Å². The Labute approximate surface area is 93.3 Å². The molecule has 0 aromatic carbocycles. The predicted octanol–water partition coefficient (Wildman–Crippen LogP) is 1.33. The summed E-state index contributed by atoms with van der Waals surface area (Å²) >= 11 is 0. The third-order valence-electron chi connectivity index (χ3n) is 2.78. The molecule has 0 spiro atoms. The molecule has 1 fully saturated rings. The molecule has 2 aromatic rings. The number of nitrogens with zero attached hydrogens (tertiary/aromatic N) is 4. The fourth-order valence-corrected chi connectivity index (χ4v) is 1.71. The van der Waals surface area contributed by atoms with Gasteiger partial charge >= 0.3 is 0 Å². The van der Waals surface area contributed by atoms with Crippen LogP contribution in [0.1, 0.15) is 12.8 Å². The third kappa shape index (κ3) is 1.76. The highest BCUT2D eigenvalue weighted by Crippen LogP contribution is 2.31. The van der Waals surface area contributed by atoms with Crippen molar-refractivity contribution in [1.82, 2.24) is 19.7 Å². The van der Waals surface area contributed by atoms with Gasteiger partial charge in [0, 0.05) is 12.7 Å². The van der Waals surface area contributed by atoms with Gasteiger partial charge in [-0.3, -0.25) is 4.68 Å². The van der Waals surface area contributed by atoms with Crippen molar-refractivity contribution in [1.29, 1.82) is 0 Å². The molecule has 0 amide bonds. The van der Waals surface area contributed by atoms with Crippen LogP contribution < -0.4 is 5.73 Å². The van der Waals surface area contributed by atoms with Gasteiger partial charge in [0.05, 0.1) is 18.1 Å². The Morgan fingerprint density at radius 3 is 2.88 bits per heavy atom. The van der Waals surface area contributed by atoms with Gasteiger partial charge in [0.1, 0.15) is 11.5 Å². The monoisotopic (exact) mass is 215 g/mol. The van der Waals surface area contributed by atoms with Crippen LogP contribution in [-0.2, 0) is 6.54 Å². The molecule has 0 aliphatic heterocycles. The van der Waals surface area contributed by atoms with Gasteiger partial charge < -0.3 is 5.73 Å². The first-order chi connectivity index (χ1) is 7.83. The van der Waals surface area contributed by atoms with Crippen molar-refractivity contribution < 1.29 is 0 Å². The Morgan fingerprint density at radius 2 is 2.19 bits per heavy atom. The van der Waals surface area contributed by atoms with Crippen LogP contribution in [0.2, 0.25) is 0 Å². The normalized spacial score (nSPS) is 15.2. The quantitative estimate of drug-likeness (QED) is 0.838. The molecule has 2 N–H and O–H groups in total. The Hall–Kier alpha value is -1.91. The minimum Gasteiger partial charge on any atom is -0.382 e. The molecule has 2 aromatic heterocycles. The van der Waals surface area contributed by atoms with E-state index in [1.807, 2.05) is 10.7 Å². The molecule has 0 unspecified atom stereocenters. The lowest BCUT2D eigenvalue weighted by Crippen LogP contribution is -2.04. The van der Waals surface area contributed by atoms with Crippen molar-refractivity contribution >= 4 is 5.82 Å². The molecular weight excluding hydrogens is 202 g/mol. The molecule has 1 saturated carbocycles. The SMILES string of the molecule is Nc1cnc(-c2ccnn2CC2CC2)cn1. The van der Waals surface area contributed by atoms with Gasteiger partial charge in [0.15, 0.2) is 0 Å². The first-order valence-corrected chi connectivity index (χ1v) is 5.42. The maximum absolute atomic E-state index is 5.51. The van der Waals surface area contributed by atoms with Crippen LogP contribution >= 0.6 is 0 Å². The maximum Gasteiger partial charge on any atom is 0.141 e. The average molecular weight is 215 g/mol. The molecule has 16 heavy (non-hydrogen) atoms.